The normalized spacial score (nSPS) is 15.7. The Labute approximate surface area is 142 Å². The summed E-state index contributed by atoms with van der Waals surface area (Å²) >= 11 is 0. The maximum Gasteiger partial charge on any atom is 0.305 e. The van der Waals surface area contributed by atoms with Crippen LogP contribution in [0.4, 0.5) is 0 Å². The van der Waals surface area contributed by atoms with E-state index < -0.39 is 5.97 Å². The first kappa shape index (κ1) is 18.4. The van der Waals surface area contributed by atoms with Gasteiger partial charge in [-0.25, -0.2) is 0 Å². The Kier molecular flexibility index (Phi) is 6.36. The SMILES string of the molecule is Cc1c(C(=O)N(CCC(=O)O)CC(C)C)cnn1C1CCOCC1. The van der Waals surface area contributed by atoms with Crippen LogP contribution in [0.15, 0.2) is 6.20 Å². The summed E-state index contributed by atoms with van der Waals surface area (Å²) in [6.45, 7) is 8.11. The lowest BCUT2D eigenvalue weighted by atomic mass is 10.1. The van der Waals surface area contributed by atoms with E-state index >= 15 is 0 Å². The second-order valence-electron chi connectivity index (χ2n) is 6.72. The van der Waals surface area contributed by atoms with Crippen LogP contribution in [0.5, 0.6) is 0 Å². The molecule has 7 heteroatoms. The molecule has 0 unspecified atom stereocenters. The monoisotopic (exact) mass is 337 g/mol. The highest BCUT2D eigenvalue weighted by molar-refractivity contribution is 5.95. The molecule has 1 aromatic heterocycles. The van der Waals surface area contributed by atoms with Gasteiger partial charge in [0.25, 0.3) is 5.91 Å². The number of ether oxygens (including phenoxy) is 1. The molecule has 0 saturated carbocycles. The van der Waals surface area contributed by atoms with Crippen molar-refractivity contribution in [1.82, 2.24) is 14.7 Å². The highest BCUT2D eigenvalue weighted by atomic mass is 16.5. The minimum Gasteiger partial charge on any atom is -0.481 e. The van der Waals surface area contributed by atoms with Gasteiger partial charge in [-0.1, -0.05) is 13.8 Å². The number of aromatic nitrogens is 2. The molecule has 0 spiro atoms. The number of carboxylic acids is 1. The van der Waals surface area contributed by atoms with Crippen molar-refractivity contribution in [2.45, 2.75) is 46.1 Å². The number of rotatable bonds is 7. The van der Waals surface area contributed by atoms with Gasteiger partial charge in [0.1, 0.15) is 0 Å². The van der Waals surface area contributed by atoms with Gasteiger partial charge in [-0.3, -0.25) is 14.3 Å². The third-order valence-corrected chi connectivity index (χ3v) is 4.28. The predicted molar refractivity (Wildman–Crippen MR) is 89.0 cm³/mol. The Morgan fingerprint density at radius 1 is 1.42 bits per heavy atom. The van der Waals surface area contributed by atoms with Crippen molar-refractivity contribution in [3.05, 3.63) is 17.5 Å². The first-order valence-corrected chi connectivity index (χ1v) is 8.53. The van der Waals surface area contributed by atoms with Crippen molar-refractivity contribution in [2.75, 3.05) is 26.3 Å². The van der Waals surface area contributed by atoms with Crippen LogP contribution in [-0.4, -0.2) is 58.0 Å². The van der Waals surface area contributed by atoms with E-state index in [1.165, 1.54) is 0 Å². The van der Waals surface area contributed by atoms with Crippen LogP contribution in [0.3, 0.4) is 0 Å². The number of carbonyl (C=O) groups excluding carboxylic acids is 1. The van der Waals surface area contributed by atoms with E-state index in [2.05, 4.69) is 5.10 Å². The molecule has 0 atom stereocenters. The molecular weight excluding hydrogens is 310 g/mol. The number of aliphatic carboxylic acids is 1. The zero-order valence-electron chi connectivity index (χ0n) is 14.7. The molecule has 7 nitrogen and oxygen atoms in total. The molecule has 0 bridgehead atoms. The van der Waals surface area contributed by atoms with Gasteiger partial charge in [-0.2, -0.15) is 5.10 Å². The standard InChI is InChI=1S/C17H27N3O4/c1-12(2)11-19(7-4-16(21)22)17(23)15-10-18-20(13(15)3)14-5-8-24-9-6-14/h10,12,14H,4-9,11H2,1-3H3,(H,21,22). The van der Waals surface area contributed by atoms with Gasteiger partial charge >= 0.3 is 5.97 Å². The number of hydrogen-bond acceptors (Lipinski definition) is 4. The maximum atomic E-state index is 12.9. The topological polar surface area (TPSA) is 84.7 Å². The van der Waals surface area contributed by atoms with Crippen molar-refractivity contribution in [2.24, 2.45) is 5.92 Å². The molecule has 2 heterocycles. The summed E-state index contributed by atoms with van der Waals surface area (Å²) < 4.78 is 7.30. The fraction of sp³-hybridized carbons (Fsp3) is 0.706. The summed E-state index contributed by atoms with van der Waals surface area (Å²) in [6.07, 6.45) is 3.35. The molecule has 1 saturated heterocycles. The third-order valence-electron chi connectivity index (χ3n) is 4.28. The molecule has 134 valence electrons. The molecule has 0 radical (unpaired) electrons. The molecule has 1 fully saturated rings. The van der Waals surface area contributed by atoms with Crippen molar-refractivity contribution < 1.29 is 19.4 Å². The Balaban J connectivity index is 2.16. The van der Waals surface area contributed by atoms with Crippen LogP contribution in [0.25, 0.3) is 0 Å². The average molecular weight is 337 g/mol. The summed E-state index contributed by atoms with van der Waals surface area (Å²) in [4.78, 5) is 25.3. The summed E-state index contributed by atoms with van der Waals surface area (Å²) in [5.74, 6) is -0.763. The van der Waals surface area contributed by atoms with E-state index in [9.17, 15) is 9.59 Å². The number of nitrogens with zero attached hydrogens (tertiary/aromatic N) is 3. The molecule has 1 N–H and O–H groups in total. The molecule has 1 aromatic rings. The van der Waals surface area contributed by atoms with Gasteiger partial charge in [0, 0.05) is 32.0 Å². The highest BCUT2D eigenvalue weighted by Gasteiger charge is 2.25. The summed E-state index contributed by atoms with van der Waals surface area (Å²) in [5.41, 5.74) is 1.41. The van der Waals surface area contributed by atoms with Gasteiger partial charge in [0.2, 0.25) is 0 Å². The van der Waals surface area contributed by atoms with Crippen molar-refractivity contribution in [3.8, 4) is 0 Å². The minimum atomic E-state index is -0.897. The molecule has 0 aliphatic carbocycles. The number of amides is 1. The Morgan fingerprint density at radius 3 is 2.67 bits per heavy atom. The molecule has 0 aromatic carbocycles. The van der Waals surface area contributed by atoms with Gasteiger partial charge in [0.15, 0.2) is 0 Å². The Bertz CT molecular complexity index is 576. The third kappa shape index (κ3) is 4.56. The predicted octanol–water partition coefficient (Wildman–Crippen LogP) is 2.12. The first-order valence-electron chi connectivity index (χ1n) is 8.53. The summed E-state index contributed by atoms with van der Waals surface area (Å²) in [5, 5.41) is 13.3. The van der Waals surface area contributed by atoms with E-state index in [1.807, 2.05) is 25.5 Å². The van der Waals surface area contributed by atoms with Crippen LogP contribution >= 0.6 is 0 Å². The smallest absolute Gasteiger partial charge is 0.305 e. The lowest BCUT2D eigenvalue weighted by Gasteiger charge is -2.25. The Morgan fingerprint density at radius 2 is 2.08 bits per heavy atom. The van der Waals surface area contributed by atoms with Gasteiger partial charge in [-0.15, -0.1) is 0 Å². The van der Waals surface area contributed by atoms with Crippen LogP contribution in [-0.2, 0) is 9.53 Å². The zero-order chi connectivity index (χ0) is 17.7. The molecule has 1 aliphatic heterocycles. The molecule has 1 amide bonds. The Hall–Kier alpha value is -1.89. The van der Waals surface area contributed by atoms with Crippen molar-refractivity contribution in [3.63, 3.8) is 0 Å². The van der Waals surface area contributed by atoms with Crippen molar-refractivity contribution >= 4 is 11.9 Å². The molecular formula is C17H27N3O4. The van der Waals surface area contributed by atoms with E-state index in [0.717, 1.165) is 18.5 Å². The zero-order valence-corrected chi connectivity index (χ0v) is 14.7. The maximum absolute atomic E-state index is 12.9. The fourth-order valence-electron chi connectivity index (χ4n) is 3.05. The lowest BCUT2D eigenvalue weighted by Crippen LogP contribution is -2.36. The summed E-state index contributed by atoms with van der Waals surface area (Å²) in [7, 11) is 0. The molecule has 1 aliphatic rings. The van der Waals surface area contributed by atoms with Crippen LogP contribution in [0.1, 0.15) is 55.2 Å². The minimum absolute atomic E-state index is 0.0500. The highest BCUT2D eigenvalue weighted by Crippen LogP contribution is 2.24. The van der Waals surface area contributed by atoms with Crippen molar-refractivity contribution in [1.29, 1.82) is 0 Å². The number of hydrogen-bond donors (Lipinski definition) is 1. The average Bonchev–Trinajstić information content (AvgIpc) is 2.92. The second-order valence-corrected chi connectivity index (χ2v) is 6.72. The van der Waals surface area contributed by atoms with Gasteiger partial charge < -0.3 is 14.7 Å². The molecule has 24 heavy (non-hydrogen) atoms. The molecule has 2 rings (SSSR count). The quantitative estimate of drug-likeness (QED) is 0.824. The van der Waals surface area contributed by atoms with E-state index in [4.69, 9.17) is 9.84 Å². The first-order chi connectivity index (χ1) is 11.4. The van der Waals surface area contributed by atoms with E-state index in [-0.39, 0.29) is 30.8 Å². The van der Waals surface area contributed by atoms with E-state index in [0.29, 0.717) is 25.3 Å². The largest absolute Gasteiger partial charge is 0.481 e. The second kappa shape index (κ2) is 8.28. The summed E-state index contributed by atoms with van der Waals surface area (Å²) in [6, 6.07) is 0.262. The van der Waals surface area contributed by atoms with Crippen LogP contribution in [0, 0.1) is 12.8 Å². The number of carbonyl (C=O) groups is 2. The lowest BCUT2D eigenvalue weighted by molar-refractivity contribution is -0.137. The van der Waals surface area contributed by atoms with Crippen LogP contribution in [0.2, 0.25) is 0 Å². The van der Waals surface area contributed by atoms with Crippen LogP contribution < -0.4 is 0 Å². The van der Waals surface area contributed by atoms with Gasteiger partial charge in [-0.05, 0) is 25.7 Å². The van der Waals surface area contributed by atoms with E-state index in [1.54, 1.807) is 11.1 Å². The van der Waals surface area contributed by atoms with Gasteiger partial charge in [0.05, 0.1) is 24.2 Å². The number of carboxylic acid groups (broad SMARTS) is 1. The fourth-order valence-corrected chi connectivity index (χ4v) is 3.05.